The molecule has 148 valence electrons. The third-order valence-electron chi connectivity index (χ3n) is 3.17. The Morgan fingerprint density at radius 2 is 1.85 bits per heavy atom. The minimum atomic E-state index is -4.85. The molecule has 1 atom stereocenters. The van der Waals surface area contributed by atoms with Gasteiger partial charge in [0.2, 0.25) is 15.9 Å². The zero-order valence-corrected chi connectivity index (χ0v) is 15.2. The highest BCUT2D eigenvalue weighted by atomic mass is 32.2. The Kier molecular flexibility index (Phi) is 8.31. The van der Waals surface area contributed by atoms with E-state index in [1.807, 2.05) is 13.8 Å². The maximum atomic E-state index is 12.1. The molecule has 0 saturated carbocycles. The first kappa shape index (κ1) is 22.2. The average Bonchev–Trinajstić information content (AvgIpc) is 2.52. The summed E-state index contributed by atoms with van der Waals surface area (Å²) in [6.45, 7) is 4.89. The van der Waals surface area contributed by atoms with E-state index in [4.69, 9.17) is 0 Å². The van der Waals surface area contributed by atoms with Crippen molar-refractivity contribution in [2.75, 3.05) is 19.6 Å². The maximum absolute atomic E-state index is 12.1. The lowest BCUT2D eigenvalue weighted by atomic mass is 10.3. The molecule has 0 aromatic heterocycles. The van der Waals surface area contributed by atoms with Gasteiger partial charge in [0, 0.05) is 25.6 Å². The van der Waals surface area contributed by atoms with Crippen molar-refractivity contribution in [2.24, 2.45) is 0 Å². The van der Waals surface area contributed by atoms with Crippen LogP contribution >= 0.6 is 0 Å². The molecule has 0 aliphatic rings. The van der Waals surface area contributed by atoms with Gasteiger partial charge in [-0.05, 0) is 37.7 Å². The van der Waals surface area contributed by atoms with Crippen molar-refractivity contribution >= 4 is 15.9 Å². The van der Waals surface area contributed by atoms with E-state index in [-0.39, 0.29) is 29.8 Å². The molecule has 0 aliphatic heterocycles. The first-order valence-electron chi connectivity index (χ1n) is 7.89. The number of rotatable bonds is 10. The van der Waals surface area contributed by atoms with E-state index in [1.165, 1.54) is 0 Å². The van der Waals surface area contributed by atoms with Crippen molar-refractivity contribution in [1.29, 1.82) is 0 Å². The largest absolute Gasteiger partial charge is 0.573 e. The van der Waals surface area contributed by atoms with Gasteiger partial charge < -0.3 is 15.4 Å². The highest BCUT2D eigenvalue weighted by Crippen LogP contribution is 2.23. The van der Waals surface area contributed by atoms with Gasteiger partial charge in [0.25, 0.3) is 0 Å². The van der Waals surface area contributed by atoms with Gasteiger partial charge >= 0.3 is 6.36 Å². The summed E-state index contributed by atoms with van der Waals surface area (Å²) in [6, 6.07) is 3.87. The number of alkyl halides is 3. The number of ether oxygens (including phenoxy) is 1. The zero-order valence-electron chi connectivity index (χ0n) is 14.4. The Balaban J connectivity index is 2.47. The van der Waals surface area contributed by atoms with Gasteiger partial charge in [-0.2, -0.15) is 0 Å². The third kappa shape index (κ3) is 8.50. The predicted octanol–water partition coefficient (Wildman–Crippen LogP) is 1.37. The number of hydrogen-bond acceptors (Lipinski definition) is 5. The third-order valence-corrected chi connectivity index (χ3v) is 4.65. The van der Waals surface area contributed by atoms with Crippen LogP contribution in [0.2, 0.25) is 0 Å². The van der Waals surface area contributed by atoms with Crippen LogP contribution in [-0.2, 0) is 14.8 Å². The monoisotopic (exact) mass is 397 g/mol. The van der Waals surface area contributed by atoms with E-state index in [2.05, 4.69) is 20.1 Å². The fraction of sp³-hybridized carbons (Fsp3) is 0.533. The smallest absolute Gasteiger partial charge is 0.406 e. The Labute approximate surface area is 150 Å². The highest BCUT2D eigenvalue weighted by molar-refractivity contribution is 7.89. The molecule has 7 nitrogen and oxygen atoms in total. The fourth-order valence-corrected chi connectivity index (χ4v) is 3.01. The summed E-state index contributed by atoms with van der Waals surface area (Å²) in [5.41, 5.74) is 0. The van der Waals surface area contributed by atoms with Gasteiger partial charge in [-0.3, -0.25) is 4.79 Å². The normalized spacial score (nSPS) is 13.3. The lowest BCUT2D eigenvalue weighted by molar-refractivity contribution is -0.274. The number of likely N-dealkylation sites (N-methyl/N-ethyl adjacent to an activating group) is 1. The molecule has 1 rings (SSSR count). The van der Waals surface area contributed by atoms with Crippen molar-refractivity contribution in [3.63, 3.8) is 0 Å². The molecule has 3 N–H and O–H groups in total. The van der Waals surface area contributed by atoms with E-state index in [0.29, 0.717) is 6.54 Å². The van der Waals surface area contributed by atoms with Gasteiger partial charge in [-0.25, -0.2) is 13.1 Å². The maximum Gasteiger partial charge on any atom is 0.573 e. The Hall–Kier alpha value is -1.85. The van der Waals surface area contributed by atoms with Crippen LogP contribution in [0.3, 0.4) is 0 Å². The number of carbonyl (C=O) groups excluding carboxylic acids is 1. The van der Waals surface area contributed by atoms with E-state index in [9.17, 15) is 26.4 Å². The molecule has 0 unspecified atom stereocenters. The standard InChI is InChI=1S/C15H22F3N3O4S/c1-3-19-11(2)10-20-14(22)8-9-21-26(23,24)13-6-4-12(5-7-13)25-15(16,17)18/h4-7,11,19,21H,3,8-10H2,1-2H3,(H,20,22)/t11-/m1/s1. The Bertz CT molecular complexity index is 678. The molecular weight excluding hydrogens is 375 g/mol. The molecule has 0 bridgehead atoms. The summed E-state index contributed by atoms with van der Waals surface area (Å²) < 4.78 is 66.2. The summed E-state index contributed by atoms with van der Waals surface area (Å²) >= 11 is 0. The van der Waals surface area contributed by atoms with E-state index in [0.717, 1.165) is 30.8 Å². The second-order valence-electron chi connectivity index (χ2n) is 5.43. The number of hydrogen-bond donors (Lipinski definition) is 3. The Morgan fingerprint density at radius 3 is 2.38 bits per heavy atom. The van der Waals surface area contributed by atoms with E-state index in [1.54, 1.807) is 0 Å². The number of carbonyl (C=O) groups is 1. The van der Waals surface area contributed by atoms with Crippen LogP contribution in [-0.4, -0.2) is 46.4 Å². The zero-order chi connectivity index (χ0) is 19.8. The summed E-state index contributed by atoms with van der Waals surface area (Å²) in [5.74, 6) is -0.836. The second kappa shape index (κ2) is 9.74. The number of halogens is 3. The van der Waals surface area contributed by atoms with E-state index < -0.39 is 22.1 Å². The van der Waals surface area contributed by atoms with Gasteiger partial charge in [0.05, 0.1) is 4.90 Å². The number of benzene rings is 1. The molecule has 1 aromatic carbocycles. The molecule has 1 aromatic rings. The summed E-state index contributed by atoms with van der Waals surface area (Å²) in [6.07, 6.45) is -4.91. The molecule has 11 heteroatoms. The number of amides is 1. The first-order valence-corrected chi connectivity index (χ1v) is 9.37. The van der Waals surface area contributed by atoms with Gasteiger partial charge in [-0.15, -0.1) is 13.2 Å². The van der Waals surface area contributed by atoms with Crippen LogP contribution < -0.4 is 20.1 Å². The minimum Gasteiger partial charge on any atom is -0.406 e. The quantitative estimate of drug-likeness (QED) is 0.554. The van der Waals surface area contributed by atoms with E-state index >= 15 is 0 Å². The van der Waals surface area contributed by atoms with Gasteiger partial charge in [-0.1, -0.05) is 6.92 Å². The molecule has 0 heterocycles. The van der Waals surface area contributed by atoms with Crippen LogP contribution in [0.5, 0.6) is 5.75 Å². The molecule has 0 aliphatic carbocycles. The topological polar surface area (TPSA) is 96.5 Å². The Morgan fingerprint density at radius 1 is 1.23 bits per heavy atom. The van der Waals surface area contributed by atoms with Crippen LogP contribution in [0.1, 0.15) is 20.3 Å². The highest BCUT2D eigenvalue weighted by Gasteiger charge is 2.31. The van der Waals surface area contributed by atoms with Crippen LogP contribution in [0.4, 0.5) is 13.2 Å². The lowest BCUT2D eigenvalue weighted by Gasteiger charge is -2.13. The predicted molar refractivity (Wildman–Crippen MR) is 89.1 cm³/mol. The number of nitrogens with one attached hydrogen (secondary N) is 3. The van der Waals surface area contributed by atoms with Gasteiger partial charge in [0.1, 0.15) is 5.75 Å². The molecule has 0 saturated heterocycles. The molecule has 0 spiro atoms. The van der Waals surface area contributed by atoms with Crippen LogP contribution in [0.25, 0.3) is 0 Å². The van der Waals surface area contributed by atoms with Gasteiger partial charge in [0.15, 0.2) is 0 Å². The van der Waals surface area contributed by atoms with Crippen molar-refractivity contribution in [2.45, 2.75) is 37.6 Å². The second-order valence-corrected chi connectivity index (χ2v) is 7.20. The molecular formula is C15H22F3N3O4S. The molecule has 26 heavy (non-hydrogen) atoms. The van der Waals surface area contributed by atoms with Crippen molar-refractivity contribution in [1.82, 2.24) is 15.4 Å². The summed E-state index contributed by atoms with van der Waals surface area (Å²) in [5, 5.41) is 5.78. The molecule has 1 amide bonds. The van der Waals surface area contributed by atoms with Crippen LogP contribution in [0.15, 0.2) is 29.2 Å². The average molecular weight is 397 g/mol. The van der Waals surface area contributed by atoms with Crippen LogP contribution in [0, 0.1) is 0 Å². The van der Waals surface area contributed by atoms with Crippen molar-refractivity contribution < 1.29 is 31.1 Å². The SMILES string of the molecule is CCN[C@H](C)CNC(=O)CCNS(=O)(=O)c1ccc(OC(F)(F)F)cc1. The number of sulfonamides is 1. The minimum absolute atomic E-state index is 0.0622. The molecule has 0 fully saturated rings. The van der Waals surface area contributed by atoms with Crippen molar-refractivity contribution in [3.8, 4) is 5.75 Å². The lowest BCUT2D eigenvalue weighted by Crippen LogP contribution is -2.39. The first-order chi connectivity index (χ1) is 12.0. The van der Waals surface area contributed by atoms with Crippen molar-refractivity contribution in [3.05, 3.63) is 24.3 Å². The summed E-state index contributed by atoms with van der Waals surface area (Å²) in [7, 11) is -3.94. The summed E-state index contributed by atoms with van der Waals surface area (Å²) in [4.78, 5) is 11.4. The molecule has 0 radical (unpaired) electrons. The fourth-order valence-electron chi connectivity index (χ4n) is 1.98.